The molecule has 1 aromatic carbocycles. The number of aliphatic carboxylic acids is 2. The van der Waals surface area contributed by atoms with E-state index in [0.717, 1.165) is 16.7 Å². The number of hydrogen-bond acceptors (Lipinski definition) is 9. The molecule has 0 radical (unpaired) electrons. The molecule has 0 saturated carbocycles. The minimum atomic E-state index is -1.01. The van der Waals surface area contributed by atoms with Gasteiger partial charge in [0.1, 0.15) is 0 Å². The molecule has 232 valence electrons. The molecule has 2 atom stereocenters. The number of amides is 2. The molecule has 3 heterocycles. The first-order chi connectivity index (χ1) is 20.5. The van der Waals surface area contributed by atoms with Crippen molar-refractivity contribution >= 4 is 23.8 Å². The van der Waals surface area contributed by atoms with Crippen LogP contribution in [0.4, 0.5) is 0 Å². The highest BCUT2D eigenvalue weighted by molar-refractivity contribution is 5.83. The third kappa shape index (κ3) is 7.46. The van der Waals surface area contributed by atoms with Gasteiger partial charge in [0.25, 0.3) is 5.88 Å². The average Bonchev–Trinajstić information content (AvgIpc) is 3.59. The van der Waals surface area contributed by atoms with E-state index in [2.05, 4.69) is 4.98 Å². The maximum absolute atomic E-state index is 12.6. The minimum Gasteiger partial charge on any atom is -0.493 e. The monoisotopic (exact) mass is 599 g/mol. The van der Waals surface area contributed by atoms with Crippen molar-refractivity contribution in [2.24, 2.45) is 11.8 Å². The Hall–Kier alpha value is -4.55. The molecular weight excluding hydrogens is 562 g/mol. The van der Waals surface area contributed by atoms with E-state index in [1.54, 1.807) is 23.0 Å². The largest absolute Gasteiger partial charge is 0.493 e. The number of aromatic nitrogens is 1. The van der Waals surface area contributed by atoms with Crippen molar-refractivity contribution in [3.63, 3.8) is 0 Å². The van der Waals surface area contributed by atoms with Crippen LogP contribution in [-0.2, 0) is 45.4 Å². The van der Waals surface area contributed by atoms with Gasteiger partial charge >= 0.3 is 11.9 Å². The summed E-state index contributed by atoms with van der Waals surface area (Å²) in [4.78, 5) is 55.1. The Morgan fingerprint density at radius 2 is 1.23 bits per heavy atom. The third-order valence-electron chi connectivity index (χ3n) is 7.54. The lowest BCUT2D eigenvalue weighted by Crippen LogP contribution is -2.28. The summed E-state index contributed by atoms with van der Waals surface area (Å²) >= 11 is 0. The number of carboxylic acid groups (broad SMARTS) is 2. The summed E-state index contributed by atoms with van der Waals surface area (Å²) in [6.45, 7) is 4.99. The van der Waals surface area contributed by atoms with Gasteiger partial charge in [0.05, 0.1) is 51.5 Å². The van der Waals surface area contributed by atoms with Gasteiger partial charge in [-0.2, -0.15) is 0 Å². The molecule has 13 heteroatoms. The average molecular weight is 600 g/mol. The summed E-state index contributed by atoms with van der Waals surface area (Å²) < 4.78 is 22.8. The van der Waals surface area contributed by atoms with Crippen LogP contribution in [0.15, 0.2) is 18.2 Å². The van der Waals surface area contributed by atoms with Gasteiger partial charge in [0, 0.05) is 38.9 Å². The molecule has 0 bridgehead atoms. The quantitative estimate of drug-likeness (QED) is 0.307. The van der Waals surface area contributed by atoms with Crippen LogP contribution >= 0.6 is 0 Å². The predicted octanol–water partition coefficient (Wildman–Crippen LogP) is 2.85. The highest BCUT2D eigenvalue weighted by atomic mass is 16.5. The van der Waals surface area contributed by atoms with Gasteiger partial charge in [-0.1, -0.05) is 13.8 Å². The summed E-state index contributed by atoms with van der Waals surface area (Å²) in [6.07, 6.45) is 0.383. The highest BCUT2D eigenvalue weighted by Crippen LogP contribution is 2.36. The Bertz CT molecular complexity index is 1290. The van der Waals surface area contributed by atoms with E-state index in [0.29, 0.717) is 68.1 Å². The van der Waals surface area contributed by atoms with Crippen molar-refractivity contribution in [1.82, 2.24) is 14.8 Å². The number of nitrogens with zero attached hydrogens (tertiary/aromatic N) is 3. The summed E-state index contributed by atoms with van der Waals surface area (Å²) in [5.74, 6) is -2.19. The van der Waals surface area contributed by atoms with E-state index in [-0.39, 0.29) is 31.2 Å². The first-order valence-electron chi connectivity index (χ1n) is 14.0. The number of carbonyl (C=O) groups excluding carboxylic acids is 2. The number of hydrogen-bond donors (Lipinski definition) is 2. The van der Waals surface area contributed by atoms with E-state index >= 15 is 0 Å². The van der Waals surface area contributed by atoms with E-state index in [1.165, 1.54) is 21.0 Å². The number of pyridine rings is 1. The number of carboxylic acids is 2. The molecule has 0 aliphatic carbocycles. The maximum atomic E-state index is 12.6. The van der Waals surface area contributed by atoms with Crippen molar-refractivity contribution in [3.8, 4) is 23.1 Å². The van der Waals surface area contributed by atoms with Crippen LogP contribution in [0, 0.1) is 11.8 Å². The number of fused-ring (bicyclic) bond motifs is 2. The minimum absolute atomic E-state index is 0.0587. The normalized spacial score (nSPS) is 14.9. The smallest absolute Gasteiger partial charge is 0.306 e. The van der Waals surface area contributed by atoms with Gasteiger partial charge in [-0.15, -0.1) is 0 Å². The molecule has 1 aromatic heterocycles. The predicted molar refractivity (Wildman–Crippen MR) is 151 cm³/mol. The number of carbonyl (C=O) groups is 4. The van der Waals surface area contributed by atoms with E-state index in [4.69, 9.17) is 29.2 Å². The Morgan fingerprint density at radius 3 is 1.77 bits per heavy atom. The molecule has 2 amide bonds. The molecule has 43 heavy (non-hydrogen) atoms. The Labute approximate surface area is 249 Å². The zero-order chi connectivity index (χ0) is 31.3. The Morgan fingerprint density at radius 1 is 0.744 bits per heavy atom. The molecule has 0 fully saturated rings. The second-order valence-corrected chi connectivity index (χ2v) is 10.8. The zero-order valence-corrected chi connectivity index (χ0v) is 24.8. The van der Waals surface area contributed by atoms with Crippen molar-refractivity contribution in [2.75, 3.05) is 27.4 Å². The number of ether oxygens (including phenoxy) is 4. The number of rotatable bonds is 14. The Balaban J connectivity index is 1.30. The third-order valence-corrected chi connectivity index (χ3v) is 7.54. The zero-order valence-electron chi connectivity index (χ0n) is 24.8. The molecule has 4 rings (SSSR count). The summed E-state index contributed by atoms with van der Waals surface area (Å²) in [5, 5.41) is 18.2. The van der Waals surface area contributed by atoms with Crippen molar-refractivity contribution < 1.29 is 48.3 Å². The fraction of sp³-hybridized carbons (Fsp3) is 0.500. The first-order valence-corrected chi connectivity index (χ1v) is 14.0. The van der Waals surface area contributed by atoms with Gasteiger partial charge in [-0.25, -0.2) is 4.98 Å². The fourth-order valence-electron chi connectivity index (χ4n) is 4.93. The summed E-state index contributed by atoms with van der Waals surface area (Å²) in [5.41, 5.74) is 3.35. The van der Waals surface area contributed by atoms with Gasteiger partial charge in [0.15, 0.2) is 17.2 Å². The van der Waals surface area contributed by atoms with Gasteiger partial charge in [0.2, 0.25) is 11.8 Å². The van der Waals surface area contributed by atoms with Crippen LogP contribution in [0.3, 0.4) is 0 Å². The van der Waals surface area contributed by atoms with Crippen molar-refractivity contribution in [3.05, 3.63) is 40.6 Å². The second kappa shape index (κ2) is 13.6. The number of methoxy groups -OCH3 is 2. The standard InChI is InChI=1S/C30H37N3O10/c1-17(29(36)37)8-26(34)32-13-19-10-23(40-3)24(11-20(19)14-32)42-6-5-7-43-25-12-21-15-33(16-22(21)31-28(25)41-4)27(35)9-18(2)30(38)39/h10-12,17-18H,5-9,13-16H2,1-4H3,(H,36,37)(H,38,39)/t17-,18-/m0/s1. The SMILES string of the molecule is COc1cc2c(cc1OCCCOc1cc3c(nc1OC)CN(C(=O)C[C@H](C)C(=O)O)C3)CN(C(=O)C[C@H](C)C(=O)O)C2. The lowest BCUT2D eigenvalue weighted by atomic mass is 10.1. The summed E-state index contributed by atoms with van der Waals surface area (Å²) in [7, 11) is 3.03. The van der Waals surface area contributed by atoms with Crippen LogP contribution in [0.2, 0.25) is 0 Å². The van der Waals surface area contributed by atoms with E-state index in [1.807, 2.05) is 12.1 Å². The lowest BCUT2D eigenvalue weighted by molar-refractivity contribution is -0.145. The molecule has 0 saturated heterocycles. The fourth-order valence-corrected chi connectivity index (χ4v) is 4.93. The van der Waals surface area contributed by atoms with Gasteiger partial charge < -0.3 is 39.0 Å². The molecule has 2 N–H and O–H groups in total. The summed E-state index contributed by atoms with van der Waals surface area (Å²) in [6, 6.07) is 5.48. The van der Waals surface area contributed by atoms with Gasteiger partial charge in [-0.05, 0) is 34.9 Å². The van der Waals surface area contributed by atoms with Crippen LogP contribution in [-0.4, -0.2) is 76.2 Å². The number of benzene rings is 1. The second-order valence-electron chi connectivity index (χ2n) is 10.8. The Kier molecular flexibility index (Phi) is 9.94. The molecule has 2 aromatic rings. The topological polar surface area (TPSA) is 165 Å². The van der Waals surface area contributed by atoms with Crippen LogP contribution in [0.1, 0.15) is 55.5 Å². The maximum Gasteiger partial charge on any atom is 0.306 e. The molecule has 0 spiro atoms. The molecule has 13 nitrogen and oxygen atoms in total. The molecule has 0 unspecified atom stereocenters. The molecular formula is C30H37N3O10. The molecule has 2 aliphatic rings. The first kappa shape index (κ1) is 31.4. The van der Waals surface area contributed by atoms with Crippen LogP contribution in [0.25, 0.3) is 0 Å². The van der Waals surface area contributed by atoms with Crippen LogP contribution < -0.4 is 18.9 Å². The lowest BCUT2D eigenvalue weighted by Gasteiger charge is -2.16. The van der Waals surface area contributed by atoms with Crippen LogP contribution in [0.5, 0.6) is 23.1 Å². The van der Waals surface area contributed by atoms with E-state index < -0.39 is 23.8 Å². The molecule has 2 aliphatic heterocycles. The van der Waals surface area contributed by atoms with Gasteiger partial charge in [-0.3, -0.25) is 19.2 Å². The van der Waals surface area contributed by atoms with Crippen molar-refractivity contribution in [1.29, 1.82) is 0 Å². The highest BCUT2D eigenvalue weighted by Gasteiger charge is 2.30. The van der Waals surface area contributed by atoms with Crippen molar-refractivity contribution in [2.45, 2.75) is 59.3 Å². The van der Waals surface area contributed by atoms with E-state index in [9.17, 15) is 19.2 Å².